The van der Waals surface area contributed by atoms with Gasteiger partial charge in [-0.05, 0) is 6.08 Å². The van der Waals surface area contributed by atoms with E-state index in [1.54, 1.807) is 12.2 Å². The third-order valence-corrected chi connectivity index (χ3v) is 1.12. The third-order valence-electron chi connectivity index (χ3n) is 1.12. The Kier molecular flexibility index (Phi) is 2.54. The van der Waals surface area contributed by atoms with Crippen LogP contribution in [-0.2, 0) is 9.47 Å². The summed E-state index contributed by atoms with van der Waals surface area (Å²) in [6.45, 7) is 0.447. The standard InChI is InChI=1S/C7H9NO3/c1-8-7(9)11-6-2-4-10-5-3-6/h2-4H,5H2,1H3,(H,8,9). The number of amides is 1. The van der Waals surface area contributed by atoms with E-state index in [2.05, 4.69) is 5.32 Å². The molecule has 1 heterocycles. The van der Waals surface area contributed by atoms with E-state index in [0.29, 0.717) is 12.4 Å². The summed E-state index contributed by atoms with van der Waals surface area (Å²) < 4.78 is 9.63. The summed E-state index contributed by atoms with van der Waals surface area (Å²) in [5, 5.41) is 2.34. The minimum atomic E-state index is -0.470. The number of rotatable bonds is 1. The summed E-state index contributed by atoms with van der Waals surface area (Å²) in [6.07, 6.45) is 4.27. The first-order valence-electron chi connectivity index (χ1n) is 3.21. The molecule has 4 heteroatoms. The molecule has 1 rings (SSSR count). The van der Waals surface area contributed by atoms with Crippen LogP contribution in [0, 0.1) is 0 Å². The van der Waals surface area contributed by atoms with Crippen molar-refractivity contribution in [2.45, 2.75) is 0 Å². The minimum Gasteiger partial charge on any atom is -0.497 e. The van der Waals surface area contributed by atoms with Crippen LogP contribution < -0.4 is 5.32 Å². The molecule has 0 saturated carbocycles. The number of alkyl carbamates (subject to hydrolysis) is 1. The van der Waals surface area contributed by atoms with E-state index < -0.39 is 6.09 Å². The van der Waals surface area contributed by atoms with Crippen LogP contribution in [0.15, 0.2) is 24.2 Å². The minimum absolute atomic E-state index is 0.447. The summed E-state index contributed by atoms with van der Waals surface area (Å²) >= 11 is 0. The smallest absolute Gasteiger partial charge is 0.412 e. The molecule has 0 atom stereocenters. The Hall–Kier alpha value is -1.45. The van der Waals surface area contributed by atoms with Gasteiger partial charge in [-0.1, -0.05) is 0 Å². The largest absolute Gasteiger partial charge is 0.497 e. The number of nitrogens with one attached hydrogen (secondary N) is 1. The monoisotopic (exact) mass is 155 g/mol. The van der Waals surface area contributed by atoms with Crippen LogP contribution in [0.25, 0.3) is 0 Å². The third kappa shape index (κ3) is 2.33. The van der Waals surface area contributed by atoms with Crippen LogP contribution in [-0.4, -0.2) is 19.7 Å². The molecule has 0 spiro atoms. The van der Waals surface area contributed by atoms with Crippen molar-refractivity contribution in [1.29, 1.82) is 0 Å². The number of carbonyl (C=O) groups excluding carboxylic acids is 1. The molecule has 1 aliphatic heterocycles. The van der Waals surface area contributed by atoms with E-state index >= 15 is 0 Å². The summed E-state index contributed by atoms with van der Waals surface area (Å²) in [4.78, 5) is 10.6. The Morgan fingerprint density at radius 3 is 3.18 bits per heavy atom. The Morgan fingerprint density at radius 2 is 2.64 bits per heavy atom. The second-order valence-corrected chi connectivity index (χ2v) is 1.88. The molecule has 4 nitrogen and oxygen atoms in total. The fourth-order valence-corrected chi connectivity index (χ4v) is 0.603. The van der Waals surface area contributed by atoms with Crippen LogP contribution in [0.3, 0.4) is 0 Å². The SMILES string of the molecule is CNC(=O)OC1=CCOC=C1. The topological polar surface area (TPSA) is 47.6 Å². The van der Waals surface area contributed by atoms with E-state index in [1.165, 1.54) is 13.3 Å². The van der Waals surface area contributed by atoms with Crippen LogP contribution in [0.2, 0.25) is 0 Å². The van der Waals surface area contributed by atoms with Gasteiger partial charge in [0.2, 0.25) is 0 Å². The van der Waals surface area contributed by atoms with Gasteiger partial charge in [0.1, 0.15) is 12.4 Å². The van der Waals surface area contributed by atoms with Gasteiger partial charge in [-0.2, -0.15) is 0 Å². The second-order valence-electron chi connectivity index (χ2n) is 1.88. The maximum Gasteiger partial charge on any atom is 0.412 e. The van der Waals surface area contributed by atoms with Crippen LogP contribution in [0.4, 0.5) is 4.79 Å². The summed E-state index contributed by atoms with van der Waals surface area (Å²) in [7, 11) is 1.51. The number of carbonyl (C=O) groups is 1. The highest BCUT2D eigenvalue weighted by atomic mass is 16.6. The molecule has 0 aromatic rings. The summed E-state index contributed by atoms with van der Waals surface area (Å²) in [5.41, 5.74) is 0. The first-order chi connectivity index (χ1) is 5.33. The van der Waals surface area contributed by atoms with Gasteiger partial charge in [0.05, 0.1) is 6.26 Å². The number of hydrogen-bond acceptors (Lipinski definition) is 3. The van der Waals surface area contributed by atoms with Gasteiger partial charge in [0.15, 0.2) is 0 Å². The molecule has 0 unspecified atom stereocenters. The quantitative estimate of drug-likeness (QED) is 0.608. The van der Waals surface area contributed by atoms with Gasteiger partial charge >= 0.3 is 6.09 Å². The van der Waals surface area contributed by atoms with Crippen molar-refractivity contribution in [2.24, 2.45) is 0 Å². The molecule has 0 fully saturated rings. The zero-order chi connectivity index (χ0) is 8.10. The maximum atomic E-state index is 10.6. The summed E-state index contributed by atoms with van der Waals surface area (Å²) in [6, 6.07) is 0. The Bertz CT molecular complexity index is 208. The van der Waals surface area contributed by atoms with Crippen molar-refractivity contribution in [3.63, 3.8) is 0 Å². The average molecular weight is 155 g/mol. The van der Waals surface area contributed by atoms with Crippen LogP contribution in [0.5, 0.6) is 0 Å². The molecule has 0 bridgehead atoms. The van der Waals surface area contributed by atoms with Crippen molar-refractivity contribution in [1.82, 2.24) is 5.32 Å². The van der Waals surface area contributed by atoms with E-state index in [4.69, 9.17) is 9.47 Å². The predicted molar refractivity (Wildman–Crippen MR) is 38.7 cm³/mol. The highest BCUT2D eigenvalue weighted by Gasteiger charge is 2.03. The first kappa shape index (κ1) is 7.65. The van der Waals surface area contributed by atoms with Gasteiger partial charge in [-0.25, -0.2) is 4.79 Å². The lowest BCUT2D eigenvalue weighted by atomic mass is 10.4. The lowest BCUT2D eigenvalue weighted by Crippen LogP contribution is -2.19. The molecule has 1 aliphatic rings. The Balaban J connectivity index is 2.42. The number of hydrogen-bond donors (Lipinski definition) is 1. The van der Waals surface area contributed by atoms with Gasteiger partial charge in [-0.3, -0.25) is 0 Å². The van der Waals surface area contributed by atoms with Gasteiger partial charge in [0.25, 0.3) is 0 Å². The van der Waals surface area contributed by atoms with Crippen LogP contribution in [0.1, 0.15) is 0 Å². The molecule has 0 aliphatic carbocycles. The number of allylic oxidation sites excluding steroid dienone is 1. The zero-order valence-corrected chi connectivity index (χ0v) is 6.16. The second kappa shape index (κ2) is 3.65. The summed E-state index contributed by atoms with van der Waals surface area (Å²) in [5.74, 6) is 0.510. The van der Waals surface area contributed by atoms with Crippen LogP contribution >= 0.6 is 0 Å². The van der Waals surface area contributed by atoms with Crippen molar-refractivity contribution in [2.75, 3.05) is 13.7 Å². The van der Waals surface area contributed by atoms with E-state index in [1.807, 2.05) is 0 Å². The van der Waals surface area contributed by atoms with E-state index in [-0.39, 0.29) is 0 Å². The lowest BCUT2D eigenvalue weighted by molar-refractivity contribution is 0.177. The molecular formula is C7H9NO3. The first-order valence-corrected chi connectivity index (χ1v) is 3.21. The van der Waals surface area contributed by atoms with E-state index in [0.717, 1.165) is 0 Å². The van der Waals surface area contributed by atoms with Crippen molar-refractivity contribution >= 4 is 6.09 Å². The Morgan fingerprint density at radius 1 is 1.82 bits per heavy atom. The highest BCUT2D eigenvalue weighted by molar-refractivity contribution is 5.68. The zero-order valence-electron chi connectivity index (χ0n) is 6.16. The normalized spacial score (nSPS) is 14.8. The van der Waals surface area contributed by atoms with E-state index in [9.17, 15) is 4.79 Å². The predicted octanol–water partition coefficient (Wildman–Crippen LogP) is 0.770. The maximum absolute atomic E-state index is 10.6. The molecule has 0 saturated heterocycles. The van der Waals surface area contributed by atoms with Crippen molar-refractivity contribution in [3.05, 3.63) is 24.2 Å². The molecule has 60 valence electrons. The Labute approximate surface area is 64.5 Å². The van der Waals surface area contributed by atoms with Gasteiger partial charge in [-0.15, -0.1) is 0 Å². The number of ether oxygens (including phenoxy) is 2. The molecule has 11 heavy (non-hydrogen) atoms. The molecule has 0 aromatic carbocycles. The molecule has 1 amide bonds. The van der Waals surface area contributed by atoms with Crippen molar-refractivity contribution < 1.29 is 14.3 Å². The highest BCUT2D eigenvalue weighted by Crippen LogP contribution is 2.04. The molecule has 1 N–H and O–H groups in total. The molecular weight excluding hydrogens is 146 g/mol. The van der Waals surface area contributed by atoms with Crippen molar-refractivity contribution in [3.8, 4) is 0 Å². The van der Waals surface area contributed by atoms with Gasteiger partial charge in [0, 0.05) is 13.1 Å². The lowest BCUT2D eigenvalue weighted by Gasteiger charge is -2.07. The molecule has 0 radical (unpaired) electrons. The van der Waals surface area contributed by atoms with Gasteiger partial charge < -0.3 is 14.8 Å². The fourth-order valence-electron chi connectivity index (χ4n) is 0.603. The fraction of sp³-hybridized carbons (Fsp3) is 0.286. The average Bonchev–Trinajstić information content (AvgIpc) is 2.06. The molecule has 0 aromatic heterocycles.